The smallest absolute Gasteiger partial charge is 0.323 e. The highest BCUT2D eigenvalue weighted by Crippen LogP contribution is 2.16. The fourth-order valence-electron chi connectivity index (χ4n) is 2.29. The minimum Gasteiger partial charge on any atom is -0.480 e. The van der Waals surface area contributed by atoms with Gasteiger partial charge in [0.05, 0.1) is 6.26 Å². The van der Waals surface area contributed by atoms with E-state index >= 15 is 0 Å². The third-order valence-corrected chi connectivity index (χ3v) is 3.80. The van der Waals surface area contributed by atoms with E-state index in [1.807, 2.05) is 6.92 Å². The number of rotatable bonds is 7. The molecule has 0 aliphatic rings. The molecule has 0 saturated heterocycles. The molecule has 25 heavy (non-hydrogen) atoms. The Bertz CT molecular complexity index is 755. The molecule has 2 amide bonds. The summed E-state index contributed by atoms with van der Waals surface area (Å²) in [4.78, 5) is 37.0. The van der Waals surface area contributed by atoms with Gasteiger partial charge in [-0.1, -0.05) is 13.0 Å². The van der Waals surface area contributed by atoms with Crippen molar-refractivity contribution in [1.29, 1.82) is 0 Å². The number of carboxylic acid groups (broad SMARTS) is 1. The second-order valence-corrected chi connectivity index (χ2v) is 5.60. The zero-order chi connectivity index (χ0) is 18.4. The van der Waals surface area contributed by atoms with E-state index in [9.17, 15) is 14.4 Å². The monoisotopic (exact) mass is 344 g/mol. The molecular formula is C18H20N2O5. The number of amides is 2. The highest BCUT2D eigenvalue weighted by atomic mass is 16.4. The Kier molecular flexibility index (Phi) is 5.94. The van der Waals surface area contributed by atoms with Crippen LogP contribution >= 0.6 is 0 Å². The molecule has 0 aliphatic carbocycles. The molecule has 0 aliphatic heterocycles. The van der Waals surface area contributed by atoms with Gasteiger partial charge in [-0.25, -0.2) is 0 Å². The number of carboxylic acids is 1. The summed E-state index contributed by atoms with van der Waals surface area (Å²) in [6, 6.07) is 9.28. The topological polar surface area (TPSA) is 99.9 Å². The first-order chi connectivity index (χ1) is 11.9. The Morgan fingerprint density at radius 2 is 2.00 bits per heavy atom. The van der Waals surface area contributed by atoms with Crippen molar-refractivity contribution in [3.8, 4) is 0 Å². The van der Waals surface area contributed by atoms with Gasteiger partial charge in [0.15, 0.2) is 5.76 Å². The average Bonchev–Trinajstić information content (AvgIpc) is 3.13. The molecule has 1 atom stereocenters. The van der Waals surface area contributed by atoms with Gasteiger partial charge in [0.2, 0.25) is 0 Å². The lowest BCUT2D eigenvalue weighted by Gasteiger charge is -2.27. The molecule has 1 aromatic carbocycles. The summed E-state index contributed by atoms with van der Waals surface area (Å²) in [5, 5.41) is 11.7. The molecule has 1 unspecified atom stereocenters. The first-order valence-corrected chi connectivity index (χ1v) is 7.90. The third kappa shape index (κ3) is 4.69. The van der Waals surface area contributed by atoms with Gasteiger partial charge >= 0.3 is 5.97 Å². The first-order valence-electron chi connectivity index (χ1n) is 7.90. The van der Waals surface area contributed by atoms with Crippen LogP contribution in [0.1, 0.15) is 41.2 Å². The maximum atomic E-state index is 12.7. The Hall–Kier alpha value is -3.09. The van der Waals surface area contributed by atoms with E-state index in [0.29, 0.717) is 17.7 Å². The molecule has 1 heterocycles. The largest absolute Gasteiger partial charge is 0.480 e. The molecular weight excluding hydrogens is 324 g/mol. The van der Waals surface area contributed by atoms with Crippen LogP contribution in [-0.2, 0) is 4.79 Å². The second kappa shape index (κ2) is 8.14. The van der Waals surface area contributed by atoms with Gasteiger partial charge in [0.1, 0.15) is 6.54 Å². The Morgan fingerprint density at radius 3 is 2.60 bits per heavy atom. The Morgan fingerprint density at radius 1 is 1.24 bits per heavy atom. The SMILES string of the molecule is CCC(C)N(CC(=O)O)C(=O)c1cccc(NC(=O)c2ccco2)c1. The van der Waals surface area contributed by atoms with Crippen LogP contribution in [0.3, 0.4) is 0 Å². The molecule has 7 nitrogen and oxygen atoms in total. The van der Waals surface area contributed by atoms with Crippen molar-refractivity contribution < 1.29 is 23.9 Å². The first kappa shape index (κ1) is 18.3. The lowest BCUT2D eigenvalue weighted by molar-refractivity contribution is -0.138. The molecule has 0 saturated carbocycles. The van der Waals surface area contributed by atoms with Gasteiger partial charge in [-0.15, -0.1) is 0 Å². The average molecular weight is 344 g/mol. The van der Waals surface area contributed by atoms with E-state index in [1.54, 1.807) is 31.2 Å². The third-order valence-electron chi connectivity index (χ3n) is 3.80. The summed E-state index contributed by atoms with van der Waals surface area (Å²) >= 11 is 0. The highest BCUT2D eigenvalue weighted by molar-refractivity contribution is 6.03. The van der Waals surface area contributed by atoms with Crippen molar-refractivity contribution in [3.63, 3.8) is 0 Å². The number of hydrogen-bond donors (Lipinski definition) is 2. The van der Waals surface area contributed by atoms with Crippen molar-refractivity contribution in [2.24, 2.45) is 0 Å². The van der Waals surface area contributed by atoms with Crippen LogP contribution in [0.5, 0.6) is 0 Å². The molecule has 2 N–H and O–H groups in total. The molecule has 7 heteroatoms. The van der Waals surface area contributed by atoms with Gasteiger partial charge in [0, 0.05) is 17.3 Å². The standard InChI is InChI=1S/C18H20N2O5/c1-3-12(2)20(11-16(21)22)18(24)13-6-4-7-14(10-13)19-17(23)15-8-5-9-25-15/h4-10,12H,3,11H2,1-2H3,(H,19,23)(H,21,22). The van der Waals surface area contributed by atoms with Crippen molar-refractivity contribution in [2.75, 3.05) is 11.9 Å². The summed E-state index contributed by atoms with van der Waals surface area (Å²) in [7, 11) is 0. The normalized spacial score (nSPS) is 11.6. The van der Waals surface area contributed by atoms with Crippen molar-refractivity contribution in [3.05, 3.63) is 54.0 Å². The van der Waals surface area contributed by atoms with Crippen LogP contribution in [0, 0.1) is 0 Å². The summed E-state index contributed by atoms with van der Waals surface area (Å²) in [6.07, 6.45) is 2.03. The molecule has 2 rings (SSSR count). The van der Waals surface area contributed by atoms with E-state index in [-0.39, 0.29) is 18.3 Å². The van der Waals surface area contributed by atoms with Crippen LogP contribution in [0.25, 0.3) is 0 Å². The quantitative estimate of drug-likeness (QED) is 0.804. The van der Waals surface area contributed by atoms with Crippen molar-refractivity contribution in [2.45, 2.75) is 26.3 Å². The van der Waals surface area contributed by atoms with Gasteiger partial charge in [-0.05, 0) is 43.7 Å². The minimum absolute atomic E-state index is 0.156. The number of nitrogens with one attached hydrogen (secondary N) is 1. The predicted octanol–water partition coefficient (Wildman–Crippen LogP) is 2.86. The Labute approximate surface area is 145 Å². The molecule has 0 fully saturated rings. The van der Waals surface area contributed by atoms with Gasteiger partial charge in [0.25, 0.3) is 11.8 Å². The number of nitrogens with zero attached hydrogens (tertiary/aromatic N) is 1. The van der Waals surface area contributed by atoms with Crippen molar-refractivity contribution in [1.82, 2.24) is 4.90 Å². The van der Waals surface area contributed by atoms with Gasteiger partial charge in [-0.3, -0.25) is 14.4 Å². The lowest BCUT2D eigenvalue weighted by atomic mass is 10.1. The summed E-state index contributed by atoms with van der Waals surface area (Å²) in [5.74, 6) is -1.75. The van der Waals surface area contributed by atoms with Crippen LogP contribution in [0.2, 0.25) is 0 Å². The number of carbonyl (C=O) groups excluding carboxylic acids is 2. The van der Waals surface area contributed by atoms with Crippen LogP contribution in [-0.4, -0.2) is 40.4 Å². The fraction of sp³-hybridized carbons (Fsp3) is 0.278. The molecule has 0 radical (unpaired) electrons. The van der Waals surface area contributed by atoms with Crippen molar-refractivity contribution >= 4 is 23.5 Å². The summed E-state index contributed by atoms with van der Waals surface area (Å²) < 4.78 is 5.02. The Balaban J connectivity index is 2.19. The maximum absolute atomic E-state index is 12.7. The van der Waals surface area contributed by atoms with Crippen LogP contribution in [0.4, 0.5) is 5.69 Å². The predicted molar refractivity (Wildman–Crippen MR) is 91.5 cm³/mol. The summed E-state index contributed by atoms with van der Waals surface area (Å²) in [6.45, 7) is 3.30. The number of carbonyl (C=O) groups is 3. The minimum atomic E-state index is -1.07. The highest BCUT2D eigenvalue weighted by Gasteiger charge is 2.23. The molecule has 1 aromatic heterocycles. The molecule has 2 aromatic rings. The van der Waals surface area contributed by atoms with E-state index < -0.39 is 17.8 Å². The molecule has 132 valence electrons. The number of anilines is 1. The zero-order valence-electron chi connectivity index (χ0n) is 14.1. The van der Waals surface area contributed by atoms with E-state index in [4.69, 9.17) is 9.52 Å². The summed E-state index contributed by atoms with van der Waals surface area (Å²) in [5.41, 5.74) is 0.727. The van der Waals surface area contributed by atoms with Crippen LogP contribution in [0.15, 0.2) is 47.1 Å². The van der Waals surface area contributed by atoms with E-state index in [2.05, 4.69) is 5.32 Å². The van der Waals surface area contributed by atoms with E-state index in [0.717, 1.165) is 0 Å². The number of furan rings is 1. The lowest BCUT2D eigenvalue weighted by Crippen LogP contribution is -2.41. The van der Waals surface area contributed by atoms with E-state index in [1.165, 1.54) is 23.3 Å². The number of benzene rings is 1. The van der Waals surface area contributed by atoms with Gasteiger partial charge < -0.3 is 19.7 Å². The fourth-order valence-corrected chi connectivity index (χ4v) is 2.29. The van der Waals surface area contributed by atoms with Crippen LogP contribution < -0.4 is 5.32 Å². The zero-order valence-corrected chi connectivity index (χ0v) is 14.1. The maximum Gasteiger partial charge on any atom is 0.323 e. The molecule has 0 spiro atoms. The second-order valence-electron chi connectivity index (χ2n) is 5.60. The number of aliphatic carboxylic acids is 1. The van der Waals surface area contributed by atoms with Gasteiger partial charge in [-0.2, -0.15) is 0 Å². The molecule has 0 bridgehead atoms. The number of hydrogen-bond acceptors (Lipinski definition) is 4.